The molecule has 0 bridgehead atoms. The van der Waals surface area contributed by atoms with Gasteiger partial charge in [0.25, 0.3) is 0 Å². The molecule has 6 heteroatoms. The van der Waals surface area contributed by atoms with Gasteiger partial charge in [0.2, 0.25) is 0 Å². The maximum Gasteiger partial charge on any atom is 0.117 e. The van der Waals surface area contributed by atoms with Crippen LogP contribution in [0.2, 0.25) is 0 Å². The van der Waals surface area contributed by atoms with Crippen molar-refractivity contribution in [1.29, 1.82) is 0 Å². The zero-order valence-corrected chi connectivity index (χ0v) is 13.3. The van der Waals surface area contributed by atoms with Gasteiger partial charge in [-0.05, 0) is 40.0 Å². The molecule has 0 radical (unpaired) electrons. The third-order valence-electron chi connectivity index (χ3n) is 3.10. The van der Waals surface area contributed by atoms with Crippen LogP contribution in [0.3, 0.4) is 0 Å². The molecular weight excluding hydrogens is 266 g/mol. The molecule has 2 aromatic heterocycles. The lowest BCUT2D eigenvalue weighted by atomic mass is 10.1. The monoisotopic (exact) mass is 291 g/mol. The molecule has 2 heterocycles. The van der Waals surface area contributed by atoms with Crippen LogP contribution >= 0.6 is 0 Å². The molecule has 1 N–H and O–H groups in total. The first-order valence-electron chi connectivity index (χ1n) is 7.27. The fourth-order valence-electron chi connectivity index (χ4n) is 1.91. The van der Waals surface area contributed by atoms with E-state index in [2.05, 4.69) is 48.3 Å². The Balaban J connectivity index is 1.74. The first kappa shape index (κ1) is 15.7. The van der Waals surface area contributed by atoms with Gasteiger partial charge in [-0.3, -0.25) is 9.58 Å². The first-order chi connectivity index (χ1) is 9.92. The molecule has 6 nitrogen and oxygen atoms in total. The fraction of sp³-hybridized carbons (Fsp3) is 0.600. The summed E-state index contributed by atoms with van der Waals surface area (Å²) in [6.45, 7) is 9.69. The smallest absolute Gasteiger partial charge is 0.117 e. The Morgan fingerprint density at radius 2 is 2.19 bits per heavy atom. The van der Waals surface area contributed by atoms with Gasteiger partial charge in [-0.25, -0.2) is 0 Å². The standard InChI is InChI=1S/C15H25N5O/c1-15(2,3)16-10-13-11-20(18-17-13)8-7-19(4)12-14-6-5-9-21-14/h5-6,9,11,16H,7-8,10,12H2,1-4H3. The molecule has 2 rings (SSSR count). The predicted molar refractivity (Wildman–Crippen MR) is 81.7 cm³/mol. The summed E-state index contributed by atoms with van der Waals surface area (Å²) in [5.74, 6) is 0.978. The highest BCUT2D eigenvalue weighted by Crippen LogP contribution is 2.04. The number of furan rings is 1. The van der Waals surface area contributed by atoms with E-state index >= 15 is 0 Å². The minimum absolute atomic E-state index is 0.0903. The number of hydrogen-bond donors (Lipinski definition) is 1. The Kier molecular flexibility index (Phi) is 5.14. The molecule has 0 aromatic carbocycles. The molecule has 0 aliphatic heterocycles. The van der Waals surface area contributed by atoms with Crippen molar-refractivity contribution in [3.05, 3.63) is 36.0 Å². The summed E-state index contributed by atoms with van der Waals surface area (Å²) in [4.78, 5) is 2.20. The maximum absolute atomic E-state index is 5.34. The normalized spacial score (nSPS) is 12.2. The quantitative estimate of drug-likeness (QED) is 0.844. The summed E-state index contributed by atoms with van der Waals surface area (Å²) < 4.78 is 7.23. The lowest BCUT2D eigenvalue weighted by molar-refractivity contribution is 0.278. The second kappa shape index (κ2) is 6.87. The van der Waals surface area contributed by atoms with Gasteiger partial charge in [-0.15, -0.1) is 5.10 Å². The first-order valence-corrected chi connectivity index (χ1v) is 7.27. The lowest BCUT2D eigenvalue weighted by Crippen LogP contribution is -2.35. The Labute approximate surface area is 126 Å². The van der Waals surface area contributed by atoms with Gasteiger partial charge in [-0.2, -0.15) is 0 Å². The zero-order valence-electron chi connectivity index (χ0n) is 13.3. The van der Waals surface area contributed by atoms with Crippen LogP contribution in [0, 0.1) is 0 Å². The van der Waals surface area contributed by atoms with E-state index in [-0.39, 0.29) is 5.54 Å². The van der Waals surface area contributed by atoms with Crippen LogP contribution in [0.15, 0.2) is 29.0 Å². The minimum atomic E-state index is 0.0903. The van der Waals surface area contributed by atoms with Gasteiger partial charge in [0, 0.05) is 24.8 Å². The van der Waals surface area contributed by atoms with Crippen molar-refractivity contribution >= 4 is 0 Å². The highest BCUT2D eigenvalue weighted by molar-refractivity contribution is 4.97. The van der Waals surface area contributed by atoms with Crippen molar-refractivity contribution in [3.63, 3.8) is 0 Å². The Bertz CT molecular complexity index is 527. The number of likely N-dealkylation sites (N-methyl/N-ethyl adjacent to an activating group) is 1. The van der Waals surface area contributed by atoms with Gasteiger partial charge in [0.05, 0.1) is 25.0 Å². The molecule has 0 aliphatic rings. The van der Waals surface area contributed by atoms with Gasteiger partial charge in [0.15, 0.2) is 0 Å². The Morgan fingerprint density at radius 1 is 1.38 bits per heavy atom. The fourth-order valence-corrected chi connectivity index (χ4v) is 1.91. The van der Waals surface area contributed by atoms with Crippen LogP contribution in [0.25, 0.3) is 0 Å². The van der Waals surface area contributed by atoms with Crippen molar-refractivity contribution in [2.75, 3.05) is 13.6 Å². The van der Waals surface area contributed by atoms with Gasteiger partial charge in [0.1, 0.15) is 5.76 Å². The minimum Gasteiger partial charge on any atom is -0.468 e. The molecular formula is C15H25N5O. The molecule has 21 heavy (non-hydrogen) atoms. The van der Waals surface area contributed by atoms with E-state index in [0.717, 1.165) is 37.6 Å². The summed E-state index contributed by atoms with van der Waals surface area (Å²) in [5.41, 5.74) is 1.06. The van der Waals surface area contributed by atoms with Crippen LogP contribution in [-0.2, 0) is 19.6 Å². The van der Waals surface area contributed by atoms with E-state index in [4.69, 9.17) is 4.42 Å². The molecule has 0 saturated carbocycles. The topological polar surface area (TPSA) is 59.1 Å². The molecule has 0 aliphatic carbocycles. The van der Waals surface area contributed by atoms with Gasteiger partial charge < -0.3 is 9.73 Å². The summed E-state index contributed by atoms with van der Waals surface area (Å²) in [7, 11) is 2.07. The van der Waals surface area contributed by atoms with E-state index in [9.17, 15) is 0 Å². The van der Waals surface area contributed by atoms with Crippen LogP contribution < -0.4 is 5.32 Å². The van der Waals surface area contributed by atoms with E-state index in [0.29, 0.717) is 0 Å². The number of nitrogens with zero attached hydrogens (tertiary/aromatic N) is 4. The van der Waals surface area contributed by atoms with Crippen LogP contribution in [0.4, 0.5) is 0 Å². The molecule has 0 unspecified atom stereocenters. The van der Waals surface area contributed by atoms with Crippen LogP contribution in [0.5, 0.6) is 0 Å². The Hall–Kier alpha value is -1.66. The van der Waals surface area contributed by atoms with E-state index in [1.807, 2.05) is 23.0 Å². The molecule has 0 spiro atoms. The molecule has 0 saturated heterocycles. The van der Waals surface area contributed by atoms with Crippen molar-refractivity contribution < 1.29 is 4.42 Å². The van der Waals surface area contributed by atoms with Gasteiger partial charge >= 0.3 is 0 Å². The predicted octanol–water partition coefficient (Wildman–Crippen LogP) is 1.89. The average molecular weight is 291 g/mol. The summed E-state index contributed by atoms with van der Waals surface area (Å²) in [5, 5.41) is 11.8. The third kappa shape index (κ3) is 5.69. The SMILES string of the molecule is CN(CCn1cc(CNC(C)(C)C)nn1)Cc1ccco1. The van der Waals surface area contributed by atoms with E-state index < -0.39 is 0 Å². The second-order valence-corrected chi connectivity index (χ2v) is 6.39. The summed E-state index contributed by atoms with van der Waals surface area (Å²) >= 11 is 0. The molecule has 0 atom stereocenters. The third-order valence-corrected chi connectivity index (χ3v) is 3.10. The number of rotatable bonds is 7. The second-order valence-electron chi connectivity index (χ2n) is 6.39. The number of nitrogens with one attached hydrogen (secondary N) is 1. The molecule has 0 amide bonds. The lowest BCUT2D eigenvalue weighted by Gasteiger charge is -2.19. The van der Waals surface area contributed by atoms with E-state index in [1.165, 1.54) is 0 Å². The summed E-state index contributed by atoms with van der Waals surface area (Å²) in [6, 6.07) is 3.90. The summed E-state index contributed by atoms with van der Waals surface area (Å²) in [6.07, 6.45) is 3.70. The average Bonchev–Trinajstić information content (AvgIpc) is 3.04. The highest BCUT2D eigenvalue weighted by Gasteiger charge is 2.10. The van der Waals surface area contributed by atoms with Crippen molar-refractivity contribution in [3.8, 4) is 0 Å². The largest absolute Gasteiger partial charge is 0.468 e. The molecule has 116 valence electrons. The van der Waals surface area contributed by atoms with Crippen molar-refractivity contribution in [1.82, 2.24) is 25.2 Å². The highest BCUT2D eigenvalue weighted by atomic mass is 16.3. The maximum atomic E-state index is 5.34. The zero-order chi connectivity index (χ0) is 15.3. The van der Waals surface area contributed by atoms with Gasteiger partial charge in [-0.1, -0.05) is 5.21 Å². The molecule has 2 aromatic rings. The van der Waals surface area contributed by atoms with Crippen molar-refractivity contribution in [2.24, 2.45) is 0 Å². The van der Waals surface area contributed by atoms with E-state index in [1.54, 1.807) is 6.26 Å². The Morgan fingerprint density at radius 3 is 2.86 bits per heavy atom. The molecule has 0 fully saturated rings. The van der Waals surface area contributed by atoms with Crippen LogP contribution in [0.1, 0.15) is 32.2 Å². The van der Waals surface area contributed by atoms with Crippen LogP contribution in [-0.4, -0.2) is 39.0 Å². The number of aromatic nitrogens is 3. The number of hydrogen-bond acceptors (Lipinski definition) is 5. The van der Waals surface area contributed by atoms with Crippen molar-refractivity contribution in [2.45, 2.75) is 45.9 Å².